The number of benzene rings is 1. The van der Waals surface area contributed by atoms with Crippen molar-refractivity contribution in [2.45, 2.75) is 51.6 Å². The molecule has 0 radical (unpaired) electrons. The van der Waals surface area contributed by atoms with Gasteiger partial charge in [0.1, 0.15) is 19.0 Å². The first-order valence-corrected chi connectivity index (χ1v) is 10.4. The topological polar surface area (TPSA) is 66.3 Å². The Bertz CT molecular complexity index is 690. The van der Waals surface area contributed by atoms with E-state index in [-0.39, 0.29) is 43.5 Å². The van der Waals surface area contributed by atoms with Gasteiger partial charge in [-0.3, -0.25) is 4.79 Å². The van der Waals surface area contributed by atoms with Crippen molar-refractivity contribution < 1.29 is 41.1 Å². The van der Waals surface area contributed by atoms with E-state index in [9.17, 15) is 9.59 Å². The van der Waals surface area contributed by atoms with E-state index < -0.39 is 0 Å². The summed E-state index contributed by atoms with van der Waals surface area (Å²) in [6.07, 6.45) is 5.90. The summed E-state index contributed by atoms with van der Waals surface area (Å²) in [5, 5.41) is 0. The molecule has 3 rings (SSSR count). The number of fused-ring (bicyclic) bond motifs is 1. The Kier molecular flexibility index (Phi) is 9.24. The first-order valence-electron chi connectivity index (χ1n) is 10.4. The third-order valence-electron chi connectivity index (χ3n) is 5.55. The van der Waals surface area contributed by atoms with Crippen molar-refractivity contribution in [2.24, 2.45) is 5.92 Å². The van der Waals surface area contributed by atoms with Gasteiger partial charge >= 0.3 is 5.97 Å². The van der Waals surface area contributed by atoms with E-state index >= 15 is 0 Å². The number of aryl methyl sites for hydroxylation is 1. The van der Waals surface area contributed by atoms with Crippen LogP contribution in [0.1, 0.15) is 44.1 Å². The highest BCUT2D eigenvalue weighted by atomic mass is 35.5. The predicted octanol–water partition coefficient (Wildman–Crippen LogP) is -1.26. The number of hydrogen-bond donors (Lipinski definition) is 1. The van der Waals surface area contributed by atoms with E-state index in [2.05, 4.69) is 0 Å². The molecule has 29 heavy (non-hydrogen) atoms. The number of carbonyl (C=O) groups is 2. The van der Waals surface area contributed by atoms with Crippen LogP contribution in [0.4, 0.5) is 0 Å². The molecule has 1 aliphatic heterocycles. The Labute approximate surface area is 179 Å². The van der Waals surface area contributed by atoms with E-state index in [0.717, 1.165) is 29.1 Å². The van der Waals surface area contributed by atoms with Crippen molar-refractivity contribution in [1.82, 2.24) is 0 Å². The number of carbonyl (C=O) groups excluding carboxylic acids is 2. The summed E-state index contributed by atoms with van der Waals surface area (Å²) in [5.74, 6) is 1.73. The standard InChI is InChI=1S/C22H31NO5.ClH/c1-16-8-9-20-21(12-16)26-14-18(28-20)15-27-22(25)13-23(2)11-10-19(24)17-6-4-3-5-7-17;/h8-9,12,17-18H,3-7,10-11,13-15H2,1-2H3;1H. The molecule has 1 aliphatic carbocycles. The molecule has 0 spiro atoms. The summed E-state index contributed by atoms with van der Waals surface area (Å²) in [6, 6.07) is 5.77. The van der Waals surface area contributed by atoms with E-state index in [1.54, 1.807) is 0 Å². The quantitative estimate of drug-likeness (QED) is 0.526. The molecule has 0 bridgehead atoms. The zero-order valence-electron chi connectivity index (χ0n) is 17.4. The molecule has 1 heterocycles. The lowest BCUT2D eigenvalue weighted by Gasteiger charge is -2.26. The number of rotatable bonds is 8. The Balaban J connectivity index is 0.00000300. The molecule has 1 aromatic carbocycles. The third-order valence-corrected chi connectivity index (χ3v) is 5.55. The average Bonchev–Trinajstić information content (AvgIpc) is 2.71. The van der Waals surface area contributed by atoms with Crippen LogP contribution < -0.4 is 26.8 Å². The first-order chi connectivity index (χ1) is 13.5. The number of Topliss-reactive ketones (excluding diaryl/α,β-unsaturated/α-hetero) is 1. The molecule has 1 aromatic rings. The number of quaternary nitrogens is 1. The van der Waals surface area contributed by atoms with Crippen molar-refractivity contribution in [1.29, 1.82) is 0 Å². The molecule has 1 fully saturated rings. The van der Waals surface area contributed by atoms with E-state index in [1.807, 2.05) is 32.2 Å². The van der Waals surface area contributed by atoms with Crippen LogP contribution in [0.15, 0.2) is 18.2 Å². The van der Waals surface area contributed by atoms with Gasteiger partial charge in [-0.25, -0.2) is 4.79 Å². The number of esters is 1. The van der Waals surface area contributed by atoms with E-state index in [4.69, 9.17) is 14.2 Å². The Morgan fingerprint density at radius 1 is 1.17 bits per heavy atom. The summed E-state index contributed by atoms with van der Waals surface area (Å²) >= 11 is 0. The second kappa shape index (κ2) is 11.4. The van der Waals surface area contributed by atoms with Crippen LogP contribution in [-0.4, -0.2) is 51.2 Å². The molecular weight excluding hydrogens is 394 g/mol. The van der Waals surface area contributed by atoms with Crippen molar-refractivity contribution >= 4 is 11.8 Å². The van der Waals surface area contributed by atoms with Gasteiger partial charge in [-0.05, 0) is 37.5 Å². The fourth-order valence-electron chi connectivity index (χ4n) is 3.84. The zero-order valence-corrected chi connectivity index (χ0v) is 18.1. The summed E-state index contributed by atoms with van der Waals surface area (Å²) in [6.45, 7) is 3.45. The first kappa shape index (κ1) is 23.5. The number of ether oxygens (including phenoxy) is 3. The van der Waals surface area contributed by atoms with Crippen LogP contribution in [0.25, 0.3) is 0 Å². The molecule has 0 aromatic heterocycles. The highest BCUT2D eigenvalue weighted by Gasteiger charge is 2.24. The molecule has 2 unspecified atom stereocenters. The number of halogens is 1. The highest BCUT2D eigenvalue weighted by molar-refractivity contribution is 5.81. The minimum absolute atomic E-state index is 0. The van der Waals surface area contributed by atoms with Gasteiger partial charge in [0.2, 0.25) is 0 Å². The van der Waals surface area contributed by atoms with Gasteiger partial charge in [0.05, 0.1) is 20.0 Å². The molecule has 0 saturated heterocycles. The SMILES string of the molecule is Cc1ccc2c(c1)OCC(COC(=O)C[NH+](C)CCC(=O)C1CCCCC1)O2.[Cl-]. The molecule has 162 valence electrons. The minimum atomic E-state index is -0.299. The molecular formula is C22H32ClNO5. The molecule has 1 saturated carbocycles. The highest BCUT2D eigenvalue weighted by Crippen LogP contribution is 2.32. The minimum Gasteiger partial charge on any atom is -1.00 e. The van der Waals surface area contributed by atoms with Crippen molar-refractivity contribution in [3.05, 3.63) is 23.8 Å². The summed E-state index contributed by atoms with van der Waals surface area (Å²) < 4.78 is 16.9. The van der Waals surface area contributed by atoms with Crippen molar-refractivity contribution in [3.8, 4) is 11.5 Å². The second-order valence-electron chi connectivity index (χ2n) is 8.12. The van der Waals surface area contributed by atoms with Crippen LogP contribution in [0.5, 0.6) is 11.5 Å². The third kappa shape index (κ3) is 7.19. The zero-order chi connectivity index (χ0) is 19.9. The normalized spacial score (nSPS) is 19.7. The lowest BCUT2D eigenvalue weighted by Crippen LogP contribution is -3.10. The number of nitrogens with one attached hydrogen (secondary N) is 1. The number of hydrogen-bond acceptors (Lipinski definition) is 5. The predicted molar refractivity (Wildman–Crippen MR) is 105 cm³/mol. The molecule has 2 aliphatic rings. The van der Waals surface area contributed by atoms with Gasteiger partial charge in [-0.2, -0.15) is 0 Å². The van der Waals surface area contributed by atoms with Crippen molar-refractivity contribution in [3.63, 3.8) is 0 Å². The molecule has 6 nitrogen and oxygen atoms in total. The fourth-order valence-corrected chi connectivity index (χ4v) is 3.84. The average molecular weight is 426 g/mol. The smallest absolute Gasteiger partial charge is 0.361 e. The molecule has 2 atom stereocenters. The number of ketones is 1. The van der Waals surface area contributed by atoms with Gasteiger partial charge in [-0.1, -0.05) is 25.3 Å². The number of likely N-dealkylation sites (N-methyl/N-ethyl adjacent to an activating group) is 1. The largest absolute Gasteiger partial charge is 1.00 e. The fraction of sp³-hybridized carbons (Fsp3) is 0.636. The van der Waals surface area contributed by atoms with Gasteiger partial charge < -0.3 is 31.5 Å². The van der Waals surface area contributed by atoms with Crippen LogP contribution in [0.3, 0.4) is 0 Å². The maximum atomic E-state index is 12.3. The lowest BCUT2D eigenvalue weighted by molar-refractivity contribution is -0.871. The van der Waals surface area contributed by atoms with Crippen LogP contribution >= 0.6 is 0 Å². The molecule has 0 amide bonds. The van der Waals surface area contributed by atoms with Crippen LogP contribution in [0.2, 0.25) is 0 Å². The Hall–Kier alpha value is -1.79. The molecule has 1 N–H and O–H groups in total. The van der Waals surface area contributed by atoms with Crippen LogP contribution in [0, 0.1) is 12.8 Å². The Morgan fingerprint density at radius 2 is 1.93 bits per heavy atom. The van der Waals surface area contributed by atoms with Gasteiger partial charge in [-0.15, -0.1) is 0 Å². The molecule has 7 heteroatoms. The lowest BCUT2D eigenvalue weighted by atomic mass is 9.85. The summed E-state index contributed by atoms with van der Waals surface area (Å²) in [5.41, 5.74) is 1.11. The van der Waals surface area contributed by atoms with E-state index in [1.165, 1.54) is 19.3 Å². The maximum absolute atomic E-state index is 12.3. The Morgan fingerprint density at radius 3 is 2.69 bits per heavy atom. The second-order valence-corrected chi connectivity index (χ2v) is 8.12. The van der Waals surface area contributed by atoms with Gasteiger partial charge in [0.15, 0.2) is 24.1 Å². The van der Waals surface area contributed by atoms with Crippen molar-refractivity contribution in [2.75, 3.05) is 33.4 Å². The van der Waals surface area contributed by atoms with Gasteiger partial charge in [0.25, 0.3) is 0 Å². The maximum Gasteiger partial charge on any atom is 0.361 e. The summed E-state index contributed by atoms with van der Waals surface area (Å²) in [7, 11) is 1.92. The monoisotopic (exact) mass is 425 g/mol. The van der Waals surface area contributed by atoms with E-state index in [0.29, 0.717) is 31.1 Å². The van der Waals surface area contributed by atoms with Gasteiger partial charge in [0, 0.05) is 5.92 Å². The summed E-state index contributed by atoms with van der Waals surface area (Å²) in [4.78, 5) is 25.4. The van der Waals surface area contributed by atoms with Crippen LogP contribution in [-0.2, 0) is 14.3 Å².